The molecule has 0 aromatic carbocycles. The van der Waals surface area contributed by atoms with Gasteiger partial charge in [0.1, 0.15) is 48.8 Å². The van der Waals surface area contributed by atoms with Crippen LogP contribution in [0, 0.1) is 0 Å². The Morgan fingerprint density at radius 3 is 2.19 bits per heavy atom. The van der Waals surface area contributed by atoms with Crippen LogP contribution in [0.2, 0.25) is 0 Å². The Hall–Kier alpha value is -0.680. The average molecular weight is 546 g/mol. The Labute approximate surface area is 211 Å². The van der Waals surface area contributed by atoms with Gasteiger partial charge < -0.3 is 86.8 Å². The van der Waals surface area contributed by atoms with Gasteiger partial charge in [0.05, 0.1) is 31.5 Å². The molecule has 15 N–H and O–H groups in total. The van der Waals surface area contributed by atoms with Crippen molar-refractivity contribution >= 4 is 0 Å². The van der Waals surface area contributed by atoms with Crippen molar-refractivity contribution in [2.75, 3.05) is 20.3 Å². The number of hydrogen-bond donors (Lipinski definition) is 11. The van der Waals surface area contributed by atoms with Gasteiger partial charge in [-0.05, 0) is 13.5 Å². The zero-order chi connectivity index (χ0) is 26.5. The smallest absolute Gasteiger partial charge is 0.314 e. The second-order valence-electron chi connectivity index (χ2n) is 9.72. The van der Waals surface area contributed by atoms with Crippen molar-refractivity contribution in [3.05, 3.63) is 0 Å². The zero-order valence-electron chi connectivity index (χ0n) is 20.1. The van der Waals surface area contributed by atoms with Crippen LogP contribution in [-0.4, -0.2) is 164 Å². The number of likely N-dealkylation sites (N-methyl/N-ethyl adjacent to an activating group) is 1. The van der Waals surface area contributed by atoms with Crippen molar-refractivity contribution in [1.82, 2.24) is 5.32 Å². The van der Waals surface area contributed by atoms with Crippen LogP contribution in [0.4, 0.5) is 0 Å². The topological polar surface area (TPSA) is 304 Å². The molecule has 3 aliphatic heterocycles. The fourth-order valence-corrected chi connectivity index (χ4v) is 5.23. The van der Waals surface area contributed by atoms with E-state index in [-0.39, 0.29) is 11.9 Å². The van der Waals surface area contributed by atoms with E-state index >= 15 is 0 Å². The van der Waals surface area contributed by atoms with E-state index in [1.807, 2.05) is 0 Å². The summed E-state index contributed by atoms with van der Waals surface area (Å²) in [7, 11) is 1.60. The summed E-state index contributed by atoms with van der Waals surface area (Å²) in [6.07, 6.45) is -17.7. The van der Waals surface area contributed by atoms with Crippen molar-refractivity contribution in [3.8, 4) is 0 Å². The summed E-state index contributed by atoms with van der Waals surface area (Å²) in [6.45, 7) is -1.33. The van der Waals surface area contributed by atoms with E-state index in [0.717, 1.165) is 0 Å². The Bertz CT molecular complexity index is 757. The number of ether oxygens (including phenoxy) is 5. The van der Waals surface area contributed by atoms with Gasteiger partial charge in [-0.3, -0.25) is 0 Å². The maximum atomic E-state index is 10.7. The predicted octanol–water partition coefficient (Wildman–Crippen LogP) is -8.10. The number of nitrogens with one attached hydrogen (secondary N) is 1. The van der Waals surface area contributed by atoms with Gasteiger partial charge in [-0.1, -0.05) is 0 Å². The lowest BCUT2D eigenvalue weighted by Crippen LogP contribution is -2.69. The molecule has 4 aliphatic rings. The van der Waals surface area contributed by atoms with Crippen LogP contribution >= 0.6 is 0 Å². The number of nitrogens with two attached hydrogens (primary N) is 2. The number of fused-ring (bicyclic) bond motifs is 1. The molecule has 16 atom stereocenters. The quantitative estimate of drug-likeness (QED) is 0.148. The van der Waals surface area contributed by atoms with E-state index < -0.39 is 111 Å². The second kappa shape index (κ2) is 11.8. The summed E-state index contributed by atoms with van der Waals surface area (Å²) >= 11 is 0. The summed E-state index contributed by atoms with van der Waals surface area (Å²) in [5, 5.41) is 85.6. The summed E-state index contributed by atoms with van der Waals surface area (Å²) in [5.41, 5.74) is 11.8. The van der Waals surface area contributed by atoms with E-state index in [1.54, 1.807) is 7.05 Å². The van der Waals surface area contributed by atoms with Crippen molar-refractivity contribution in [2.24, 2.45) is 11.5 Å². The molecule has 3 saturated heterocycles. The third kappa shape index (κ3) is 5.26. The van der Waals surface area contributed by atoms with Gasteiger partial charge in [-0.15, -0.1) is 0 Å². The molecule has 17 nitrogen and oxygen atoms in total. The Balaban J connectivity index is 0.00000380. The molecule has 1 aliphatic carbocycles. The predicted molar refractivity (Wildman–Crippen MR) is 118 cm³/mol. The first-order valence-electron chi connectivity index (χ1n) is 11.8. The molecule has 3 heterocycles. The molecule has 0 amide bonds. The lowest BCUT2D eigenvalue weighted by molar-refractivity contribution is -0.439. The lowest BCUT2D eigenvalue weighted by atomic mass is 9.84. The number of aliphatic hydroxyl groups excluding tert-OH is 8. The molecule has 0 bridgehead atoms. The summed E-state index contributed by atoms with van der Waals surface area (Å²) in [6, 6.07) is -2.50. The van der Waals surface area contributed by atoms with E-state index in [4.69, 9.17) is 35.2 Å². The monoisotopic (exact) mass is 545 g/mol. The van der Waals surface area contributed by atoms with Crippen molar-refractivity contribution in [2.45, 2.75) is 104 Å². The maximum absolute atomic E-state index is 10.7. The van der Waals surface area contributed by atoms with Crippen LogP contribution in [0.15, 0.2) is 0 Å². The van der Waals surface area contributed by atoms with E-state index in [2.05, 4.69) is 5.32 Å². The van der Waals surface area contributed by atoms with Crippen molar-refractivity contribution in [3.63, 3.8) is 0 Å². The zero-order valence-corrected chi connectivity index (χ0v) is 20.1. The molecule has 37 heavy (non-hydrogen) atoms. The Morgan fingerprint density at radius 2 is 1.59 bits per heavy atom. The molecule has 1 spiro atoms. The highest BCUT2D eigenvalue weighted by Gasteiger charge is 2.67. The first kappa shape index (κ1) is 30.9. The normalized spacial score (nSPS) is 52.9. The van der Waals surface area contributed by atoms with Crippen molar-refractivity contribution < 1.29 is 70.0 Å². The second-order valence-corrected chi connectivity index (χ2v) is 9.72. The minimum absolute atomic E-state index is 0. The number of rotatable bonds is 6. The highest BCUT2D eigenvalue weighted by Crippen LogP contribution is 2.45. The number of hydrogen-bond acceptors (Lipinski definition) is 16. The highest BCUT2D eigenvalue weighted by atomic mass is 16.9. The van der Waals surface area contributed by atoms with E-state index in [9.17, 15) is 40.9 Å². The molecule has 1 saturated carbocycles. The fraction of sp³-hybridized carbons (Fsp3) is 1.00. The van der Waals surface area contributed by atoms with Crippen LogP contribution in [0.25, 0.3) is 0 Å². The molecule has 4 rings (SSSR count). The van der Waals surface area contributed by atoms with Gasteiger partial charge in [0.2, 0.25) is 0 Å². The molecule has 0 aromatic rings. The summed E-state index contributed by atoms with van der Waals surface area (Å²) in [4.78, 5) is 0. The molecule has 15 unspecified atom stereocenters. The van der Waals surface area contributed by atoms with Gasteiger partial charge in [-0.25, -0.2) is 0 Å². The van der Waals surface area contributed by atoms with Crippen LogP contribution in [-0.2, 0) is 23.7 Å². The lowest BCUT2D eigenvalue weighted by Gasteiger charge is -2.46. The highest BCUT2D eigenvalue weighted by molar-refractivity contribution is 5.05. The summed E-state index contributed by atoms with van der Waals surface area (Å²) in [5.74, 6) is -2.48. The van der Waals surface area contributed by atoms with Gasteiger partial charge in [-0.2, -0.15) is 0 Å². The van der Waals surface area contributed by atoms with Gasteiger partial charge in [0.25, 0.3) is 0 Å². The SMILES string of the molecule is CNC1CC(N)C(O)C(OC2OC(CO)C(O)C3O[C@]4(OC(C(N)CO)C(O)C(O)C4O)OC23)C1O.O. The third-order valence-electron chi connectivity index (χ3n) is 7.42. The summed E-state index contributed by atoms with van der Waals surface area (Å²) < 4.78 is 28.7. The largest absolute Gasteiger partial charge is 0.412 e. The van der Waals surface area contributed by atoms with Gasteiger partial charge in [0.15, 0.2) is 12.4 Å². The van der Waals surface area contributed by atoms with Crippen LogP contribution in [0.3, 0.4) is 0 Å². The Morgan fingerprint density at radius 1 is 0.946 bits per heavy atom. The van der Waals surface area contributed by atoms with Crippen LogP contribution in [0.5, 0.6) is 0 Å². The fourth-order valence-electron chi connectivity index (χ4n) is 5.23. The molecular formula is C20H39N3O14. The van der Waals surface area contributed by atoms with Gasteiger partial charge >= 0.3 is 5.97 Å². The molecule has 4 fully saturated rings. The number of aliphatic hydroxyl groups is 8. The molecule has 218 valence electrons. The minimum Gasteiger partial charge on any atom is -0.412 e. The molecule has 17 heteroatoms. The first-order valence-corrected chi connectivity index (χ1v) is 11.8. The molecule has 0 radical (unpaired) electrons. The van der Waals surface area contributed by atoms with E-state index in [1.165, 1.54) is 0 Å². The third-order valence-corrected chi connectivity index (χ3v) is 7.42. The van der Waals surface area contributed by atoms with Gasteiger partial charge in [0, 0.05) is 12.1 Å². The molecular weight excluding hydrogens is 506 g/mol. The average Bonchev–Trinajstić information content (AvgIpc) is 3.27. The molecule has 0 aromatic heterocycles. The standard InChI is InChI=1S/C20H37N3O13.H2O/c1-23-7-2-5(21)9(26)15(10(7)27)33-19-17-16(11(28)8(4-25)32-19)35-20(36-17)18(31)13(30)12(29)14(34-20)6(22)3-24;/h5-19,23-31H,2-4,21-22H2,1H3;1H2/t5?,6?,7?,8?,9?,10?,11?,12?,13?,14?,15?,16?,17?,18?,19?,20-;/m0./s1. The van der Waals surface area contributed by atoms with E-state index in [0.29, 0.717) is 0 Å². The van der Waals surface area contributed by atoms with Crippen LogP contribution in [0.1, 0.15) is 6.42 Å². The van der Waals surface area contributed by atoms with Crippen LogP contribution < -0.4 is 16.8 Å². The minimum atomic E-state index is -2.48. The van der Waals surface area contributed by atoms with Crippen molar-refractivity contribution in [1.29, 1.82) is 0 Å². The Kier molecular flexibility index (Phi) is 9.86. The maximum Gasteiger partial charge on any atom is 0.314 e. The first-order chi connectivity index (χ1) is 17.0.